The van der Waals surface area contributed by atoms with Crippen molar-refractivity contribution in [2.24, 2.45) is 0 Å². The Balaban J connectivity index is 1.40. The zero-order chi connectivity index (χ0) is 19.6. The molecule has 0 saturated heterocycles. The van der Waals surface area contributed by atoms with Gasteiger partial charge < -0.3 is 24.5 Å². The first-order chi connectivity index (χ1) is 13.7. The molecule has 3 aromatic rings. The van der Waals surface area contributed by atoms with Crippen LogP contribution in [0.15, 0.2) is 71.3 Å². The molecule has 2 aromatic carbocycles. The van der Waals surface area contributed by atoms with Gasteiger partial charge in [-0.2, -0.15) is 0 Å². The normalized spacial score (nSPS) is 10.5. The molecule has 6 heteroatoms. The van der Waals surface area contributed by atoms with Crippen LogP contribution in [-0.4, -0.2) is 19.7 Å². The second kappa shape index (κ2) is 10.2. The van der Waals surface area contributed by atoms with Gasteiger partial charge in [0.1, 0.15) is 18.1 Å². The average Bonchev–Trinajstić information content (AvgIpc) is 3.22. The van der Waals surface area contributed by atoms with Crippen LogP contribution in [0.4, 0.5) is 10.5 Å². The molecule has 6 nitrogen and oxygen atoms in total. The first-order valence-electron chi connectivity index (χ1n) is 9.10. The standard InChI is InChI=1S/C22H24N2O4/c1-26-20-9-7-17(8-10-20)11-12-23-22(25)24-19-5-2-4-18(14-19)15-27-16-21-6-3-13-28-21/h2-10,13-14H,11-12,15-16H2,1H3,(H2,23,24,25). The summed E-state index contributed by atoms with van der Waals surface area (Å²) in [6.45, 7) is 1.40. The van der Waals surface area contributed by atoms with Gasteiger partial charge in [0.05, 0.1) is 20.0 Å². The van der Waals surface area contributed by atoms with Crippen molar-refractivity contribution < 1.29 is 18.7 Å². The second-order valence-corrected chi connectivity index (χ2v) is 6.25. The molecule has 0 bridgehead atoms. The van der Waals surface area contributed by atoms with Gasteiger partial charge in [-0.25, -0.2) is 4.79 Å². The Morgan fingerprint density at radius 2 is 1.86 bits per heavy atom. The molecule has 28 heavy (non-hydrogen) atoms. The number of ether oxygens (including phenoxy) is 2. The Morgan fingerprint density at radius 1 is 1.00 bits per heavy atom. The quantitative estimate of drug-likeness (QED) is 0.578. The van der Waals surface area contributed by atoms with Gasteiger partial charge in [-0.05, 0) is 53.9 Å². The average molecular weight is 380 g/mol. The summed E-state index contributed by atoms with van der Waals surface area (Å²) in [7, 11) is 1.64. The van der Waals surface area contributed by atoms with Gasteiger partial charge >= 0.3 is 6.03 Å². The van der Waals surface area contributed by atoms with Gasteiger partial charge in [-0.3, -0.25) is 0 Å². The van der Waals surface area contributed by atoms with E-state index < -0.39 is 0 Å². The van der Waals surface area contributed by atoms with Gasteiger partial charge in [-0.1, -0.05) is 24.3 Å². The molecule has 0 aliphatic heterocycles. The minimum absolute atomic E-state index is 0.234. The molecule has 2 N–H and O–H groups in total. The van der Waals surface area contributed by atoms with Gasteiger partial charge in [0, 0.05) is 12.2 Å². The maximum Gasteiger partial charge on any atom is 0.319 e. The van der Waals surface area contributed by atoms with Crippen molar-refractivity contribution in [2.45, 2.75) is 19.6 Å². The van der Waals surface area contributed by atoms with Crippen molar-refractivity contribution in [2.75, 3.05) is 19.0 Å². The van der Waals surface area contributed by atoms with Gasteiger partial charge in [0.2, 0.25) is 0 Å². The van der Waals surface area contributed by atoms with E-state index in [1.807, 2.05) is 60.7 Å². The van der Waals surface area contributed by atoms with E-state index in [1.165, 1.54) is 0 Å². The number of hydrogen-bond acceptors (Lipinski definition) is 4. The highest BCUT2D eigenvalue weighted by Crippen LogP contribution is 2.13. The predicted octanol–water partition coefficient (Wildman–Crippen LogP) is 4.37. The molecule has 3 rings (SSSR count). The molecule has 2 amide bonds. The third-order valence-corrected chi connectivity index (χ3v) is 4.14. The van der Waals surface area contributed by atoms with Gasteiger partial charge in [-0.15, -0.1) is 0 Å². The Bertz CT molecular complexity index is 861. The predicted molar refractivity (Wildman–Crippen MR) is 107 cm³/mol. The number of furan rings is 1. The van der Waals surface area contributed by atoms with Crippen LogP contribution in [0.25, 0.3) is 0 Å². The summed E-state index contributed by atoms with van der Waals surface area (Å²) in [5.74, 6) is 1.60. The number of methoxy groups -OCH3 is 1. The maximum atomic E-state index is 12.1. The molecular weight excluding hydrogens is 356 g/mol. The van der Waals surface area contributed by atoms with Crippen molar-refractivity contribution >= 4 is 11.7 Å². The molecule has 0 aliphatic carbocycles. The maximum absolute atomic E-state index is 12.1. The fraction of sp³-hybridized carbons (Fsp3) is 0.227. The topological polar surface area (TPSA) is 72.7 Å². The van der Waals surface area contributed by atoms with Crippen LogP contribution >= 0.6 is 0 Å². The van der Waals surface area contributed by atoms with Crippen LogP contribution in [-0.2, 0) is 24.4 Å². The van der Waals surface area contributed by atoms with E-state index in [1.54, 1.807) is 13.4 Å². The molecular formula is C22H24N2O4. The molecule has 0 spiro atoms. The Kier molecular flexibility index (Phi) is 7.09. The summed E-state index contributed by atoms with van der Waals surface area (Å²) in [6.07, 6.45) is 2.37. The Hall–Kier alpha value is -3.25. The molecule has 0 fully saturated rings. The molecule has 0 unspecified atom stereocenters. The largest absolute Gasteiger partial charge is 0.497 e. The highest BCUT2D eigenvalue weighted by Gasteiger charge is 2.04. The van der Waals surface area contributed by atoms with E-state index in [-0.39, 0.29) is 6.03 Å². The third-order valence-electron chi connectivity index (χ3n) is 4.14. The summed E-state index contributed by atoms with van der Waals surface area (Å²) in [5, 5.41) is 5.71. The van der Waals surface area contributed by atoms with Crippen LogP contribution in [0, 0.1) is 0 Å². The van der Waals surface area contributed by atoms with Crippen molar-refractivity contribution in [1.82, 2.24) is 5.32 Å². The monoisotopic (exact) mass is 380 g/mol. The van der Waals surface area contributed by atoms with Gasteiger partial charge in [0.15, 0.2) is 0 Å². The van der Waals surface area contributed by atoms with E-state index >= 15 is 0 Å². The number of amides is 2. The molecule has 0 saturated carbocycles. The summed E-state index contributed by atoms with van der Waals surface area (Å²) < 4.78 is 16.0. The van der Waals surface area contributed by atoms with E-state index in [2.05, 4.69) is 10.6 Å². The number of nitrogens with one attached hydrogen (secondary N) is 2. The van der Waals surface area contributed by atoms with Crippen molar-refractivity contribution in [1.29, 1.82) is 0 Å². The number of anilines is 1. The lowest BCUT2D eigenvalue weighted by atomic mass is 10.1. The summed E-state index contributed by atoms with van der Waals surface area (Å²) in [4.78, 5) is 12.1. The van der Waals surface area contributed by atoms with E-state index in [4.69, 9.17) is 13.9 Å². The van der Waals surface area contributed by atoms with Crippen molar-refractivity contribution in [3.8, 4) is 5.75 Å². The molecule has 0 radical (unpaired) electrons. The third kappa shape index (κ3) is 6.17. The van der Waals surface area contributed by atoms with Crippen molar-refractivity contribution in [3.63, 3.8) is 0 Å². The molecule has 1 aromatic heterocycles. The second-order valence-electron chi connectivity index (χ2n) is 6.25. The van der Waals surface area contributed by atoms with Crippen molar-refractivity contribution in [3.05, 3.63) is 83.8 Å². The Morgan fingerprint density at radius 3 is 2.61 bits per heavy atom. The van der Waals surface area contributed by atoms with Crippen LogP contribution in [0.3, 0.4) is 0 Å². The first-order valence-corrected chi connectivity index (χ1v) is 9.10. The highest BCUT2D eigenvalue weighted by atomic mass is 16.5. The number of carbonyl (C=O) groups is 1. The fourth-order valence-corrected chi connectivity index (χ4v) is 2.69. The van der Waals surface area contributed by atoms with Crippen LogP contribution in [0.2, 0.25) is 0 Å². The lowest BCUT2D eigenvalue weighted by Gasteiger charge is -2.10. The molecule has 0 aliphatic rings. The van der Waals surface area contributed by atoms with E-state index in [0.717, 1.165) is 34.7 Å². The number of urea groups is 1. The van der Waals surface area contributed by atoms with E-state index in [0.29, 0.717) is 19.8 Å². The SMILES string of the molecule is COc1ccc(CCNC(=O)Nc2cccc(COCc3ccco3)c2)cc1. The highest BCUT2D eigenvalue weighted by molar-refractivity contribution is 5.89. The zero-order valence-electron chi connectivity index (χ0n) is 15.8. The zero-order valence-corrected chi connectivity index (χ0v) is 15.8. The van der Waals surface area contributed by atoms with E-state index in [9.17, 15) is 4.79 Å². The first kappa shape index (κ1) is 19.5. The fourth-order valence-electron chi connectivity index (χ4n) is 2.69. The summed E-state index contributed by atoms with van der Waals surface area (Å²) >= 11 is 0. The van der Waals surface area contributed by atoms with Gasteiger partial charge in [0.25, 0.3) is 0 Å². The minimum Gasteiger partial charge on any atom is -0.497 e. The molecule has 146 valence electrons. The van der Waals surface area contributed by atoms with Crippen LogP contribution in [0.5, 0.6) is 5.75 Å². The summed E-state index contributed by atoms with van der Waals surface area (Å²) in [5.41, 5.74) is 2.83. The number of rotatable bonds is 9. The van der Waals surface area contributed by atoms with Crippen LogP contribution < -0.4 is 15.4 Å². The Labute approximate surface area is 164 Å². The lowest BCUT2D eigenvalue weighted by Crippen LogP contribution is -2.30. The molecule has 0 atom stereocenters. The smallest absolute Gasteiger partial charge is 0.319 e. The number of hydrogen-bond donors (Lipinski definition) is 2. The van der Waals surface area contributed by atoms with Crippen LogP contribution in [0.1, 0.15) is 16.9 Å². The number of carbonyl (C=O) groups excluding carboxylic acids is 1. The summed E-state index contributed by atoms with van der Waals surface area (Å²) in [6, 6.07) is 18.9. The number of benzene rings is 2. The molecule has 1 heterocycles. The minimum atomic E-state index is -0.234. The lowest BCUT2D eigenvalue weighted by molar-refractivity contribution is 0.0930.